The topological polar surface area (TPSA) is 31.2 Å². The van der Waals surface area contributed by atoms with Crippen molar-refractivity contribution in [2.24, 2.45) is 0 Å². The van der Waals surface area contributed by atoms with Crippen LogP contribution in [0.4, 0.5) is 0 Å². The molecule has 0 bridgehead atoms. The van der Waals surface area contributed by atoms with Gasteiger partial charge in [0.2, 0.25) is 0 Å². The molecule has 0 radical (unpaired) electrons. The van der Waals surface area contributed by atoms with Gasteiger partial charge in [0.05, 0.1) is 10.9 Å². The van der Waals surface area contributed by atoms with Crippen molar-refractivity contribution in [3.05, 3.63) is 94.6 Å². The van der Waals surface area contributed by atoms with Gasteiger partial charge in [-0.2, -0.15) is 0 Å². The van der Waals surface area contributed by atoms with E-state index < -0.39 is 0 Å². The first-order valence-corrected chi connectivity index (χ1v) is 12.3. The van der Waals surface area contributed by atoms with Gasteiger partial charge in [0.15, 0.2) is 0 Å². The molecule has 162 valence electrons. The number of aryl methyl sites for hydroxylation is 1. The highest BCUT2D eigenvalue weighted by atomic mass is 79.9. The molecule has 34 heavy (non-hydrogen) atoms. The summed E-state index contributed by atoms with van der Waals surface area (Å²) >= 11 is 3.60. The minimum absolute atomic E-state index is 0.843. The van der Waals surface area contributed by atoms with Gasteiger partial charge >= 0.3 is 0 Å². The maximum Gasteiger partial charge on any atom is 0.147 e. The lowest BCUT2D eigenvalue weighted by atomic mass is 10.0. The number of hydrogen-bond acceptors (Lipinski definition) is 2. The van der Waals surface area contributed by atoms with Crippen LogP contribution in [0.5, 0.6) is 0 Å². The van der Waals surface area contributed by atoms with Crippen LogP contribution >= 0.6 is 15.9 Å². The molecule has 0 saturated heterocycles. The number of aromatic nitrogens is 1. The van der Waals surface area contributed by atoms with Gasteiger partial charge in [0.1, 0.15) is 22.3 Å². The number of halogens is 1. The van der Waals surface area contributed by atoms with Crippen molar-refractivity contribution in [1.82, 2.24) is 4.57 Å². The summed E-state index contributed by atoms with van der Waals surface area (Å²) in [5, 5.41) is 5.65. The number of hydrogen-bond donors (Lipinski definition) is 0. The summed E-state index contributed by atoms with van der Waals surface area (Å²) in [4.78, 5) is 0. The molecule has 1 aliphatic carbocycles. The Morgan fingerprint density at radius 3 is 2.56 bits per heavy atom. The summed E-state index contributed by atoms with van der Waals surface area (Å²) < 4.78 is 16.0. The van der Waals surface area contributed by atoms with Crippen LogP contribution < -0.4 is 0 Å². The van der Waals surface area contributed by atoms with Crippen molar-refractivity contribution in [2.45, 2.75) is 12.8 Å². The highest BCUT2D eigenvalue weighted by Gasteiger charge is 2.20. The molecule has 1 aliphatic rings. The van der Waals surface area contributed by atoms with Gasteiger partial charge in [-0.05, 0) is 79.1 Å². The molecule has 3 nitrogen and oxygen atoms in total. The molecule has 8 rings (SSSR count). The smallest absolute Gasteiger partial charge is 0.147 e. The molecular weight excluding hydrogens is 486 g/mol. The first kappa shape index (κ1) is 18.6. The Morgan fingerprint density at radius 1 is 0.735 bits per heavy atom. The summed E-state index contributed by atoms with van der Waals surface area (Å²) in [7, 11) is 0. The Bertz CT molecular complexity index is 1980. The predicted octanol–water partition coefficient (Wildman–Crippen LogP) is 9.15. The van der Waals surface area contributed by atoms with E-state index in [1.807, 2.05) is 12.1 Å². The van der Waals surface area contributed by atoms with Gasteiger partial charge in [0.25, 0.3) is 0 Å². The molecule has 0 spiro atoms. The van der Waals surface area contributed by atoms with Crippen LogP contribution in [-0.2, 0) is 6.42 Å². The van der Waals surface area contributed by atoms with Gasteiger partial charge in [-0.15, -0.1) is 0 Å². The fourth-order valence-electron chi connectivity index (χ4n) is 5.66. The highest BCUT2D eigenvalue weighted by molar-refractivity contribution is 9.10. The lowest BCUT2D eigenvalue weighted by Crippen LogP contribution is -2.00. The van der Waals surface area contributed by atoms with E-state index in [-0.39, 0.29) is 0 Å². The second-order valence-electron chi connectivity index (χ2n) is 9.00. The molecule has 7 aromatic rings. The third-order valence-corrected chi connectivity index (χ3v) is 7.62. The zero-order valence-corrected chi connectivity index (χ0v) is 19.7. The van der Waals surface area contributed by atoms with Crippen molar-refractivity contribution in [1.29, 1.82) is 0 Å². The number of nitrogens with zero attached hydrogens (tertiary/aromatic N) is 1. The number of rotatable bonds is 1. The molecule has 3 heterocycles. The lowest BCUT2D eigenvalue weighted by molar-refractivity contribution is 0.662. The predicted molar refractivity (Wildman–Crippen MR) is 143 cm³/mol. The number of fused-ring (bicyclic) bond motifs is 10. The van der Waals surface area contributed by atoms with Gasteiger partial charge in [-0.1, -0.05) is 40.2 Å². The Balaban J connectivity index is 1.45. The Morgan fingerprint density at radius 2 is 1.59 bits per heavy atom. The summed E-state index contributed by atoms with van der Waals surface area (Å²) in [6.07, 6.45) is 6.73. The lowest BCUT2D eigenvalue weighted by Gasteiger charge is -2.12. The number of benzene rings is 4. The zero-order valence-electron chi connectivity index (χ0n) is 18.1. The maximum atomic E-state index is 6.45. The average Bonchev–Trinajstić information content (AvgIpc) is 3.52. The third kappa shape index (κ3) is 2.41. The van der Waals surface area contributed by atoms with Crippen LogP contribution in [0.2, 0.25) is 0 Å². The first-order valence-electron chi connectivity index (χ1n) is 11.5. The molecule has 0 unspecified atom stereocenters. The van der Waals surface area contributed by atoms with Crippen molar-refractivity contribution >= 4 is 76.8 Å². The van der Waals surface area contributed by atoms with E-state index in [9.17, 15) is 0 Å². The van der Waals surface area contributed by atoms with Crippen LogP contribution in [-0.4, -0.2) is 4.57 Å². The molecule has 0 fully saturated rings. The summed E-state index contributed by atoms with van der Waals surface area (Å²) in [5.41, 5.74) is 8.59. The molecular formula is C30H18BrNO2. The summed E-state index contributed by atoms with van der Waals surface area (Å²) in [6, 6.07) is 25.5. The number of furan rings is 2. The van der Waals surface area contributed by atoms with E-state index in [0.29, 0.717) is 0 Å². The molecule has 0 N–H and O–H groups in total. The van der Waals surface area contributed by atoms with Crippen LogP contribution in [0.15, 0.2) is 92.2 Å². The first-order chi connectivity index (χ1) is 16.8. The zero-order chi connectivity index (χ0) is 22.4. The SMILES string of the molecule is Brc1ccc2oc3ccc4c5cc(-n6c7c(c8ccccc86)CCC=C7)ccc5oc4c3c2c1. The van der Waals surface area contributed by atoms with E-state index in [0.717, 1.165) is 66.9 Å². The minimum Gasteiger partial charge on any atom is -0.456 e. The fourth-order valence-corrected chi connectivity index (χ4v) is 6.02. The second kappa shape index (κ2) is 6.64. The van der Waals surface area contributed by atoms with Crippen molar-refractivity contribution in [3.63, 3.8) is 0 Å². The maximum absolute atomic E-state index is 6.45. The number of para-hydroxylation sites is 1. The Labute approximate surface area is 203 Å². The van der Waals surface area contributed by atoms with E-state index >= 15 is 0 Å². The number of allylic oxidation sites excluding steroid dienone is 1. The minimum atomic E-state index is 0.843. The quantitative estimate of drug-likeness (QED) is 0.223. The molecule has 4 aromatic carbocycles. The molecule has 0 amide bonds. The molecule has 0 saturated carbocycles. The van der Waals surface area contributed by atoms with E-state index in [1.165, 1.54) is 22.2 Å². The van der Waals surface area contributed by atoms with Crippen molar-refractivity contribution in [3.8, 4) is 5.69 Å². The Kier molecular flexibility index (Phi) is 3.64. The fraction of sp³-hybridized carbons (Fsp3) is 0.0667. The van der Waals surface area contributed by atoms with Crippen LogP contribution in [0.25, 0.3) is 66.5 Å². The second-order valence-corrected chi connectivity index (χ2v) is 9.91. The van der Waals surface area contributed by atoms with Gasteiger partial charge in [-0.25, -0.2) is 0 Å². The highest BCUT2D eigenvalue weighted by Crippen LogP contribution is 2.41. The summed E-state index contributed by atoms with van der Waals surface area (Å²) in [6.45, 7) is 0. The Hall–Kier alpha value is -3.76. The van der Waals surface area contributed by atoms with E-state index in [4.69, 9.17) is 8.83 Å². The molecule has 0 atom stereocenters. The monoisotopic (exact) mass is 503 g/mol. The van der Waals surface area contributed by atoms with Crippen LogP contribution in [0.3, 0.4) is 0 Å². The molecule has 4 heteroatoms. The van der Waals surface area contributed by atoms with Gasteiger partial charge in [0, 0.05) is 37.4 Å². The molecule has 0 aliphatic heterocycles. The third-order valence-electron chi connectivity index (χ3n) is 7.13. The molecule has 3 aromatic heterocycles. The summed E-state index contributed by atoms with van der Waals surface area (Å²) in [5.74, 6) is 0. The normalized spacial score (nSPS) is 13.7. The van der Waals surface area contributed by atoms with Crippen LogP contribution in [0, 0.1) is 0 Å². The van der Waals surface area contributed by atoms with Gasteiger partial charge in [-0.3, -0.25) is 0 Å². The standard InChI is InChI=1S/C30H18BrNO2/c31-17-9-12-27-23(15-17)29-28(33-27)14-11-21-22-16-18(10-13-26(22)34-30(21)29)32-24-7-3-1-5-19(24)20-6-2-4-8-25(20)32/h1,3-5,7-16H,2,6H2. The van der Waals surface area contributed by atoms with Gasteiger partial charge < -0.3 is 13.4 Å². The van der Waals surface area contributed by atoms with Crippen molar-refractivity contribution in [2.75, 3.05) is 0 Å². The van der Waals surface area contributed by atoms with Crippen LogP contribution in [0.1, 0.15) is 17.7 Å². The van der Waals surface area contributed by atoms with Crippen molar-refractivity contribution < 1.29 is 8.83 Å². The average molecular weight is 504 g/mol. The largest absolute Gasteiger partial charge is 0.456 e. The van der Waals surface area contributed by atoms with E-state index in [1.54, 1.807) is 0 Å². The van der Waals surface area contributed by atoms with E-state index in [2.05, 4.69) is 93.3 Å².